The van der Waals surface area contributed by atoms with Crippen molar-refractivity contribution in [2.24, 2.45) is 0 Å². The summed E-state index contributed by atoms with van der Waals surface area (Å²) < 4.78 is 0. The predicted octanol–water partition coefficient (Wildman–Crippen LogP) is 8.04. The Hall–Kier alpha value is -3.61. The number of amides is 1. The first kappa shape index (κ1) is 25.5. The molecular weight excluding hydrogens is 482 g/mol. The van der Waals surface area contributed by atoms with Crippen molar-refractivity contribution >= 4 is 57.7 Å². The summed E-state index contributed by atoms with van der Waals surface area (Å²) in [6, 6.07) is 35.7. The number of para-hydroxylation sites is 2. The minimum atomic E-state index is -0.252. The number of anilines is 4. The molecule has 0 saturated carbocycles. The van der Waals surface area contributed by atoms with E-state index in [2.05, 4.69) is 17.6 Å². The van der Waals surface area contributed by atoms with Gasteiger partial charge in [-0.2, -0.15) is 0 Å². The highest BCUT2D eigenvalue weighted by molar-refractivity contribution is 8.00. The van der Waals surface area contributed by atoms with E-state index in [0.29, 0.717) is 11.5 Å². The third kappa shape index (κ3) is 6.74. The summed E-state index contributed by atoms with van der Waals surface area (Å²) in [5.74, 6) is 0.0508. The Bertz CT molecular complexity index is 1260. The van der Waals surface area contributed by atoms with E-state index in [9.17, 15) is 4.79 Å². The van der Waals surface area contributed by atoms with Gasteiger partial charge < -0.3 is 10.6 Å². The van der Waals surface area contributed by atoms with Crippen molar-refractivity contribution in [2.45, 2.75) is 30.4 Å². The normalized spacial score (nSPS) is 11.4. The molecule has 0 bridgehead atoms. The Kier molecular flexibility index (Phi) is 8.76. The predicted molar refractivity (Wildman–Crippen MR) is 157 cm³/mol. The van der Waals surface area contributed by atoms with E-state index in [4.69, 9.17) is 12.2 Å². The Morgan fingerprint density at radius 3 is 1.97 bits per heavy atom. The third-order valence-corrected chi connectivity index (χ3v) is 7.12. The van der Waals surface area contributed by atoms with Crippen LogP contribution >= 0.6 is 24.0 Å². The van der Waals surface area contributed by atoms with E-state index in [1.807, 2.05) is 121 Å². The highest BCUT2D eigenvalue weighted by atomic mass is 32.2. The van der Waals surface area contributed by atoms with Gasteiger partial charge in [0.2, 0.25) is 5.91 Å². The molecule has 6 heteroatoms. The van der Waals surface area contributed by atoms with Gasteiger partial charge in [0.25, 0.3) is 0 Å². The lowest BCUT2D eigenvalue weighted by molar-refractivity contribution is -0.117. The molecular formula is C30H29N3OS2. The summed E-state index contributed by atoms with van der Waals surface area (Å²) in [5.41, 5.74) is 4.71. The molecule has 0 radical (unpaired) electrons. The van der Waals surface area contributed by atoms with Crippen LogP contribution in [0.2, 0.25) is 0 Å². The summed E-state index contributed by atoms with van der Waals surface area (Å²) >= 11 is 7.07. The van der Waals surface area contributed by atoms with Gasteiger partial charge in [-0.15, -0.1) is 11.8 Å². The van der Waals surface area contributed by atoms with Gasteiger partial charge in [0.1, 0.15) is 0 Å². The summed E-state index contributed by atoms with van der Waals surface area (Å²) in [6.45, 7) is 4.10. The van der Waals surface area contributed by atoms with E-state index in [1.54, 1.807) is 11.8 Å². The standard InChI is InChI=1S/C30H29N3OS2/c1-3-28(29(34)33(25-12-6-4-7-13-25)26-14-8-5-9-15-26)36-27-16-10-11-24(21-27)32-30(35)31-23-19-17-22(2)18-20-23/h4-21,28H,3H2,1-2H3,(H2,31,32,35). The highest BCUT2D eigenvalue weighted by Gasteiger charge is 2.26. The first-order valence-electron chi connectivity index (χ1n) is 11.9. The maximum Gasteiger partial charge on any atom is 0.245 e. The van der Waals surface area contributed by atoms with Crippen LogP contribution in [0, 0.1) is 6.92 Å². The van der Waals surface area contributed by atoms with E-state index in [1.165, 1.54) is 5.56 Å². The van der Waals surface area contributed by atoms with Crippen molar-refractivity contribution in [3.63, 3.8) is 0 Å². The number of thiocarbonyl (C=S) groups is 1. The third-order valence-electron chi connectivity index (χ3n) is 5.58. The van der Waals surface area contributed by atoms with Gasteiger partial charge in [0.05, 0.1) is 5.25 Å². The van der Waals surface area contributed by atoms with Crippen LogP contribution in [0.5, 0.6) is 0 Å². The molecule has 4 rings (SSSR count). The van der Waals surface area contributed by atoms with Gasteiger partial charge in [-0.1, -0.05) is 67.1 Å². The number of hydrogen-bond acceptors (Lipinski definition) is 3. The number of carbonyl (C=O) groups is 1. The number of hydrogen-bond donors (Lipinski definition) is 2. The maximum atomic E-state index is 13.8. The van der Waals surface area contributed by atoms with Gasteiger partial charge in [-0.05, 0) is 80.2 Å². The topological polar surface area (TPSA) is 44.4 Å². The summed E-state index contributed by atoms with van der Waals surface area (Å²) in [7, 11) is 0. The van der Waals surface area contributed by atoms with Crippen LogP contribution in [0.15, 0.2) is 114 Å². The molecule has 1 unspecified atom stereocenters. The Labute approximate surface area is 222 Å². The lowest BCUT2D eigenvalue weighted by atomic mass is 10.2. The zero-order valence-corrected chi connectivity index (χ0v) is 22.0. The number of carbonyl (C=O) groups excluding carboxylic acids is 1. The molecule has 0 aromatic heterocycles. The molecule has 0 fully saturated rings. The number of thioether (sulfide) groups is 1. The first-order valence-corrected chi connectivity index (χ1v) is 13.2. The number of aryl methyl sites for hydroxylation is 1. The molecule has 36 heavy (non-hydrogen) atoms. The van der Waals surface area contributed by atoms with E-state index in [0.717, 1.165) is 27.6 Å². The average Bonchev–Trinajstić information content (AvgIpc) is 2.90. The minimum absolute atomic E-state index is 0.0508. The zero-order chi connectivity index (χ0) is 25.3. The molecule has 0 aliphatic carbocycles. The number of nitrogens with zero attached hydrogens (tertiary/aromatic N) is 1. The van der Waals surface area contributed by atoms with Crippen LogP contribution in [-0.2, 0) is 4.79 Å². The van der Waals surface area contributed by atoms with Gasteiger partial charge >= 0.3 is 0 Å². The summed E-state index contributed by atoms with van der Waals surface area (Å²) in [4.78, 5) is 16.6. The number of rotatable bonds is 8. The molecule has 4 aromatic carbocycles. The molecule has 0 spiro atoms. The quantitative estimate of drug-likeness (QED) is 0.185. The average molecular weight is 512 g/mol. The Balaban J connectivity index is 1.49. The summed E-state index contributed by atoms with van der Waals surface area (Å²) in [5, 5.41) is 6.73. The molecule has 4 aromatic rings. The van der Waals surface area contributed by atoms with Crippen LogP contribution in [0.25, 0.3) is 0 Å². The smallest absolute Gasteiger partial charge is 0.245 e. The fourth-order valence-electron chi connectivity index (χ4n) is 3.75. The van der Waals surface area contributed by atoms with Crippen LogP contribution in [0.3, 0.4) is 0 Å². The maximum absolute atomic E-state index is 13.8. The lowest BCUT2D eigenvalue weighted by Gasteiger charge is -2.27. The fraction of sp³-hybridized carbons (Fsp3) is 0.133. The van der Waals surface area contributed by atoms with Crippen LogP contribution in [0.1, 0.15) is 18.9 Å². The van der Waals surface area contributed by atoms with E-state index >= 15 is 0 Å². The van der Waals surface area contributed by atoms with Crippen molar-refractivity contribution < 1.29 is 4.79 Å². The van der Waals surface area contributed by atoms with Crippen LogP contribution < -0.4 is 15.5 Å². The molecule has 182 valence electrons. The second-order valence-electron chi connectivity index (χ2n) is 8.33. The number of nitrogens with one attached hydrogen (secondary N) is 2. The second kappa shape index (κ2) is 12.4. The van der Waals surface area contributed by atoms with Crippen molar-refractivity contribution in [1.29, 1.82) is 0 Å². The second-order valence-corrected chi connectivity index (χ2v) is 10.0. The van der Waals surface area contributed by atoms with E-state index < -0.39 is 0 Å². The zero-order valence-electron chi connectivity index (χ0n) is 20.3. The lowest BCUT2D eigenvalue weighted by Crippen LogP contribution is -2.34. The molecule has 4 nitrogen and oxygen atoms in total. The summed E-state index contributed by atoms with van der Waals surface area (Å²) in [6.07, 6.45) is 0.699. The van der Waals surface area contributed by atoms with E-state index in [-0.39, 0.29) is 11.2 Å². The minimum Gasteiger partial charge on any atom is -0.332 e. The van der Waals surface area contributed by atoms with Crippen LogP contribution in [0.4, 0.5) is 22.7 Å². The van der Waals surface area contributed by atoms with Crippen molar-refractivity contribution in [3.8, 4) is 0 Å². The molecule has 1 atom stereocenters. The SMILES string of the molecule is CCC(Sc1cccc(NC(=S)Nc2ccc(C)cc2)c1)C(=O)N(c1ccccc1)c1ccccc1. The van der Waals surface area contributed by atoms with Gasteiger partial charge in [0, 0.05) is 27.6 Å². The molecule has 2 N–H and O–H groups in total. The van der Waals surface area contributed by atoms with Gasteiger partial charge in [0.15, 0.2) is 5.11 Å². The largest absolute Gasteiger partial charge is 0.332 e. The Morgan fingerprint density at radius 2 is 1.39 bits per heavy atom. The Morgan fingerprint density at radius 1 is 0.806 bits per heavy atom. The molecule has 0 heterocycles. The monoisotopic (exact) mass is 511 g/mol. The van der Waals surface area contributed by atoms with Gasteiger partial charge in [-0.25, -0.2) is 0 Å². The first-order chi connectivity index (χ1) is 17.5. The molecule has 0 saturated heterocycles. The molecule has 1 amide bonds. The molecule has 0 aliphatic rings. The number of benzene rings is 4. The molecule has 0 aliphatic heterocycles. The van der Waals surface area contributed by atoms with Crippen LogP contribution in [-0.4, -0.2) is 16.3 Å². The van der Waals surface area contributed by atoms with Crippen molar-refractivity contribution in [2.75, 3.05) is 15.5 Å². The fourth-order valence-corrected chi connectivity index (χ4v) is 5.04. The van der Waals surface area contributed by atoms with Crippen molar-refractivity contribution in [1.82, 2.24) is 0 Å². The van der Waals surface area contributed by atoms with Crippen molar-refractivity contribution in [3.05, 3.63) is 115 Å². The van der Waals surface area contributed by atoms with Gasteiger partial charge in [-0.3, -0.25) is 9.69 Å². The highest BCUT2D eigenvalue weighted by Crippen LogP contribution is 2.33.